The summed E-state index contributed by atoms with van der Waals surface area (Å²) in [6.45, 7) is 1.81. The first kappa shape index (κ1) is 10.6. The average molecular weight is 214 g/mol. The second kappa shape index (κ2) is 3.93. The van der Waals surface area contributed by atoms with E-state index in [1.54, 1.807) is 19.2 Å². The molecule has 1 aromatic carbocycles. The number of aliphatic imine (C=N–C) groups is 1. The van der Waals surface area contributed by atoms with Crippen molar-refractivity contribution < 1.29 is 4.79 Å². The molecule has 2 rings (SSSR count). The molecule has 0 aromatic heterocycles. The zero-order valence-electron chi connectivity index (χ0n) is 9.18. The van der Waals surface area contributed by atoms with Crippen molar-refractivity contribution in [2.75, 3.05) is 0 Å². The highest BCUT2D eigenvalue weighted by molar-refractivity contribution is 6.11. The molecule has 1 atom stereocenters. The van der Waals surface area contributed by atoms with E-state index in [9.17, 15) is 4.79 Å². The summed E-state index contributed by atoms with van der Waals surface area (Å²) in [6.07, 6.45) is 4.07. The van der Waals surface area contributed by atoms with Crippen molar-refractivity contribution in [1.82, 2.24) is 0 Å². The number of nitrogens with two attached hydrogens (primary N) is 1. The van der Waals surface area contributed by atoms with Crippen molar-refractivity contribution in [2.24, 2.45) is 16.1 Å². The molecule has 0 fully saturated rings. The molecule has 0 saturated carbocycles. The number of hydrogen-bond donors (Lipinski definition) is 1. The van der Waals surface area contributed by atoms with Crippen LogP contribution in [0.3, 0.4) is 0 Å². The molecular formula is C13H14N2O. The van der Waals surface area contributed by atoms with E-state index in [1.165, 1.54) is 0 Å². The summed E-state index contributed by atoms with van der Waals surface area (Å²) in [5.74, 6) is -0.351. The molecule has 1 aliphatic rings. The topological polar surface area (TPSA) is 55.5 Å². The third kappa shape index (κ3) is 1.76. The van der Waals surface area contributed by atoms with Crippen LogP contribution in [0.5, 0.6) is 0 Å². The van der Waals surface area contributed by atoms with Crippen LogP contribution in [0.4, 0.5) is 0 Å². The highest BCUT2D eigenvalue weighted by atomic mass is 16.1. The third-order valence-electron chi connectivity index (χ3n) is 2.96. The molecule has 1 heterocycles. The van der Waals surface area contributed by atoms with Crippen molar-refractivity contribution in [3.63, 3.8) is 0 Å². The standard InChI is InChI=1S/C13H14N2O/c1-13(12(14)16)7-8-15-11(13)9-10-5-3-2-4-6-10/h2-8H,9H2,1H3,(H2,14,16)/t13-/m0/s1. The Kier molecular flexibility index (Phi) is 2.60. The first-order valence-electron chi connectivity index (χ1n) is 5.21. The van der Waals surface area contributed by atoms with Crippen LogP contribution in [0.15, 0.2) is 47.6 Å². The van der Waals surface area contributed by atoms with Gasteiger partial charge in [0.25, 0.3) is 0 Å². The molecule has 1 aliphatic heterocycles. The van der Waals surface area contributed by atoms with E-state index < -0.39 is 5.41 Å². The second-order valence-electron chi connectivity index (χ2n) is 4.12. The van der Waals surface area contributed by atoms with Crippen LogP contribution in [0.2, 0.25) is 0 Å². The Morgan fingerprint density at radius 3 is 2.69 bits per heavy atom. The third-order valence-corrected chi connectivity index (χ3v) is 2.96. The zero-order valence-corrected chi connectivity index (χ0v) is 9.18. The quantitative estimate of drug-likeness (QED) is 0.817. The Bertz CT molecular complexity index is 462. The Morgan fingerprint density at radius 1 is 1.38 bits per heavy atom. The van der Waals surface area contributed by atoms with Gasteiger partial charge in [0, 0.05) is 18.3 Å². The number of rotatable bonds is 3. The van der Waals surface area contributed by atoms with Gasteiger partial charge in [0.1, 0.15) is 5.41 Å². The molecule has 3 heteroatoms. The Labute approximate surface area is 94.7 Å². The van der Waals surface area contributed by atoms with Crippen molar-refractivity contribution >= 4 is 11.6 Å². The van der Waals surface area contributed by atoms with Crippen LogP contribution in [-0.4, -0.2) is 11.6 Å². The summed E-state index contributed by atoms with van der Waals surface area (Å²) in [6, 6.07) is 9.94. The van der Waals surface area contributed by atoms with Gasteiger partial charge in [-0.1, -0.05) is 30.3 Å². The number of carbonyl (C=O) groups excluding carboxylic acids is 1. The molecule has 82 valence electrons. The molecule has 16 heavy (non-hydrogen) atoms. The van der Waals surface area contributed by atoms with Crippen molar-refractivity contribution in [2.45, 2.75) is 13.3 Å². The van der Waals surface area contributed by atoms with E-state index in [0.717, 1.165) is 11.3 Å². The van der Waals surface area contributed by atoms with Gasteiger partial charge in [0.05, 0.1) is 0 Å². The molecule has 0 spiro atoms. The van der Waals surface area contributed by atoms with E-state index >= 15 is 0 Å². The summed E-state index contributed by atoms with van der Waals surface area (Å²) >= 11 is 0. The van der Waals surface area contributed by atoms with Crippen molar-refractivity contribution in [1.29, 1.82) is 0 Å². The van der Waals surface area contributed by atoms with Gasteiger partial charge in [-0.25, -0.2) is 0 Å². The van der Waals surface area contributed by atoms with Crippen LogP contribution >= 0.6 is 0 Å². The molecule has 0 bridgehead atoms. The lowest BCUT2D eigenvalue weighted by Gasteiger charge is -2.20. The number of hydrogen-bond acceptors (Lipinski definition) is 2. The lowest BCUT2D eigenvalue weighted by molar-refractivity contribution is -0.121. The maximum Gasteiger partial charge on any atom is 0.232 e. The lowest BCUT2D eigenvalue weighted by atomic mass is 9.82. The largest absolute Gasteiger partial charge is 0.369 e. The molecule has 0 aliphatic carbocycles. The van der Waals surface area contributed by atoms with E-state index in [0.29, 0.717) is 6.42 Å². The van der Waals surface area contributed by atoms with E-state index in [1.807, 2.05) is 30.3 Å². The fourth-order valence-electron chi connectivity index (χ4n) is 1.75. The summed E-state index contributed by atoms with van der Waals surface area (Å²) in [4.78, 5) is 15.7. The normalized spacial score (nSPS) is 23.2. The molecule has 1 aromatic rings. The summed E-state index contributed by atoms with van der Waals surface area (Å²) < 4.78 is 0. The fourth-order valence-corrected chi connectivity index (χ4v) is 1.75. The highest BCUT2D eigenvalue weighted by Gasteiger charge is 2.36. The van der Waals surface area contributed by atoms with Gasteiger partial charge in [0.2, 0.25) is 5.91 Å². The minimum atomic E-state index is -0.726. The predicted molar refractivity (Wildman–Crippen MR) is 64.0 cm³/mol. The number of amides is 1. The van der Waals surface area contributed by atoms with E-state index in [2.05, 4.69) is 4.99 Å². The number of nitrogens with zero attached hydrogens (tertiary/aromatic N) is 1. The van der Waals surface area contributed by atoms with Gasteiger partial charge in [-0.3, -0.25) is 9.79 Å². The highest BCUT2D eigenvalue weighted by Crippen LogP contribution is 2.27. The van der Waals surface area contributed by atoms with Crippen LogP contribution in [0.1, 0.15) is 12.5 Å². The van der Waals surface area contributed by atoms with Crippen LogP contribution < -0.4 is 5.73 Å². The first-order valence-corrected chi connectivity index (χ1v) is 5.21. The SMILES string of the molecule is C[C@]1(C(N)=O)C=CN=C1Cc1ccccc1. The minimum absolute atomic E-state index is 0.351. The number of primary amides is 1. The maximum atomic E-state index is 11.4. The van der Waals surface area contributed by atoms with Crippen LogP contribution in [0.25, 0.3) is 0 Å². The molecule has 0 saturated heterocycles. The van der Waals surface area contributed by atoms with E-state index in [4.69, 9.17) is 5.73 Å². The molecular weight excluding hydrogens is 200 g/mol. The average Bonchev–Trinajstić information content (AvgIpc) is 2.63. The van der Waals surface area contributed by atoms with Gasteiger partial charge in [-0.2, -0.15) is 0 Å². The molecule has 0 radical (unpaired) electrons. The predicted octanol–water partition coefficient (Wildman–Crippen LogP) is 1.69. The Balaban J connectivity index is 2.22. The first-order chi connectivity index (χ1) is 7.63. The van der Waals surface area contributed by atoms with Gasteiger partial charge in [-0.15, -0.1) is 0 Å². The number of benzene rings is 1. The smallest absolute Gasteiger partial charge is 0.232 e. The summed E-state index contributed by atoms with van der Waals surface area (Å²) in [5.41, 5.74) is 6.63. The Morgan fingerprint density at radius 2 is 2.06 bits per heavy atom. The maximum absolute atomic E-state index is 11.4. The summed E-state index contributed by atoms with van der Waals surface area (Å²) in [5, 5.41) is 0. The molecule has 0 unspecified atom stereocenters. The monoisotopic (exact) mass is 214 g/mol. The lowest BCUT2D eigenvalue weighted by Crippen LogP contribution is -2.39. The fraction of sp³-hybridized carbons (Fsp3) is 0.231. The Hall–Kier alpha value is -1.90. The second-order valence-corrected chi connectivity index (χ2v) is 4.12. The summed E-state index contributed by atoms with van der Waals surface area (Å²) in [7, 11) is 0. The van der Waals surface area contributed by atoms with E-state index in [-0.39, 0.29) is 5.91 Å². The number of carbonyl (C=O) groups is 1. The minimum Gasteiger partial charge on any atom is -0.369 e. The van der Waals surface area contributed by atoms with Crippen molar-refractivity contribution in [3.8, 4) is 0 Å². The molecule has 3 nitrogen and oxygen atoms in total. The van der Waals surface area contributed by atoms with Gasteiger partial charge in [0.15, 0.2) is 0 Å². The van der Waals surface area contributed by atoms with Gasteiger partial charge in [-0.05, 0) is 18.6 Å². The van der Waals surface area contributed by atoms with Gasteiger partial charge < -0.3 is 5.73 Å². The van der Waals surface area contributed by atoms with Crippen LogP contribution in [-0.2, 0) is 11.2 Å². The van der Waals surface area contributed by atoms with Crippen LogP contribution in [0, 0.1) is 5.41 Å². The van der Waals surface area contributed by atoms with Crippen molar-refractivity contribution in [3.05, 3.63) is 48.2 Å². The molecule has 1 amide bonds. The molecule has 2 N–H and O–H groups in total. The zero-order chi connectivity index (χ0) is 11.6. The van der Waals surface area contributed by atoms with Gasteiger partial charge >= 0.3 is 0 Å².